The molecule has 0 amide bonds. The lowest BCUT2D eigenvalue weighted by molar-refractivity contribution is 1.16. The van der Waals surface area contributed by atoms with Gasteiger partial charge in [-0.3, -0.25) is 0 Å². The number of aryl methyl sites for hydroxylation is 1. The maximum Gasteiger partial charge on any atom is 0.151 e. The Kier molecular flexibility index (Phi) is 4.97. The second-order valence-corrected chi connectivity index (χ2v) is 5.51. The summed E-state index contributed by atoms with van der Waals surface area (Å²) in [6, 6.07) is 7.26. The normalized spacial score (nSPS) is 10.4. The average molecular weight is 331 g/mol. The van der Waals surface area contributed by atoms with Crippen molar-refractivity contribution in [1.29, 1.82) is 0 Å². The third-order valence-electron chi connectivity index (χ3n) is 2.73. The minimum atomic E-state index is 0.455. The number of halogens is 3. The van der Waals surface area contributed by atoms with Crippen LogP contribution in [0, 0.1) is 6.92 Å². The summed E-state index contributed by atoms with van der Waals surface area (Å²) in [6.45, 7) is 4.68. The maximum atomic E-state index is 6.17. The Labute approximate surface area is 133 Å². The van der Waals surface area contributed by atoms with Gasteiger partial charge in [0.25, 0.3) is 0 Å². The molecule has 2 aromatic rings. The molecule has 0 aliphatic carbocycles. The van der Waals surface area contributed by atoms with Crippen LogP contribution in [0.15, 0.2) is 24.3 Å². The molecular weight excluding hydrogens is 317 g/mol. The van der Waals surface area contributed by atoms with E-state index in [0.717, 1.165) is 17.8 Å². The summed E-state index contributed by atoms with van der Waals surface area (Å²) in [5, 5.41) is 7.86. The molecule has 1 heterocycles. The Morgan fingerprint density at radius 1 is 1.05 bits per heavy atom. The molecule has 0 saturated carbocycles. The number of hydrogen-bond acceptors (Lipinski definition) is 3. The van der Waals surface area contributed by atoms with Gasteiger partial charge in [-0.25, -0.2) is 4.98 Å². The molecule has 0 saturated heterocycles. The third kappa shape index (κ3) is 3.48. The summed E-state index contributed by atoms with van der Waals surface area (Å²) in [6.07, 6.45) is 0. The molecule has 6 heteroatoms. The molecule has 0 radical (unpaired) electrons. The first kappa shape index (κ1) is 15.2. The van der Waals surface area contributed by atoms with Crippen molar-refractivity contribution in [2.75, 3.05) is 17.2 Å². The molecule has 0 bridgehead atoms. The first-order valence-electron chi connectivity index (χ1n) is 6.14. The highest BCUT2D eigenvalue weighted by molar-refractivity contribution is 6.37. The molecule has 2 rings (SSSR count). The number of nitrogens with one attached hydrogen (secondary N) is 2. The quantitative estimate of drug-likeness (QED) is 0.774. The SMILES string of the molecule is CCNc1nc(Nc2cc(Cl)ccc2C)c(Cl)cc1Cl. The van der Waals surface area contributed by atoms with E-state index < -0.39 is 0 Å². The zero-order valence-corrected chi connectivity index (χ0v) is 13.4. The second kappa shape index (κ2) is 6.53. The molecule has 20 heavy (non-hydrogen) atoms. The average Bonchev–Trinajstić information content (AvgIpc) is 2.39. The molecule has 0 aliphatic rings. The van der Waals surface area contributed by atoms with Crippen LogP contribution in [0.4, 0.5) is 17.3 Å². The van der Waals surface area contributed by atoms with Crippen LogP contribution in [-0.2, 0) is 0 Å². The monoisotopic (exact) mass is 329 g/mol. The van der Waals surface area contributed by atoms with Gasteiger partial charge in [0.15, 0.2) is 5.82 Å². The van der Waals surface area contributed by atoms with E-state index in [9.17, 15) is 0 Å². The number of rotatable bonds is 4. The van der Waals surface area contributed by atoms with E-state index in [1.807, 2.05) is 32.0 Å². The summed E-state index contributed by atoms with van der Waals surface area (Å²) >= 11 is 18.3. The van der Waals surface area contributed by atoms with Crippen molar-refractivity contribution in [3.63, 3.8) is 0 Å². The van der Waals surface area contributed by atoms with Crippen LogP contribution in [0.5, 0.6) is 0 Å². The first-order chi connectivity index (χ1) is 9.51. The molecule has 1 aromatic carbocycles. The Morgan fingerprint density at radius 3 is 2.45 bits per heavy atom. The van der Waals surface area contributed by atoms with Crippen LogP contribution in [0.1, 0.15) is 12.5 Å². The lowest BCUT2D eigenvalue weighted by Crippen LogP contribution is -2.03. The fourth-order valence-corrected chi connectivity index (χ4v) is 2.35. The molecule has 0 spiro atoms. The number of nitrogens with zero attached hydrogens (tertiary/aromatic N) is 1. The highest BCUT2D eigenvalue weighted by Gasteiger charge is 2.10. The van der Waals surface area contributed by atoms with Crippen molar-refractivity contribution in [2.45, 2.75) is 13.8 Å². The van der Waals surface area contributed by atoms with Crippen molar-refractivity contribution in [2.24, 2.45) is 0 Å². The number of hydrogen-bond donors (Lipinski definition) is 2. The molecule has 2 N–H and O–H groups in total. The van der Waals surface area contributed by atoms with Gasteiger partial charge in [-0.2, -0.15) is 0 Å². The van der Waals surface area contributed by atoms with Gasteiger partial charge in [0.05, 0.1) is 10.0 Å². The van der Waals surface area contributed by atoms with Crippen molar-refractivity contribution in [3.8, 4) is 0 Å². The number of aromatic nitrogens is 1. The summed E-state index contributed by atoms with van der Waals surface area (Å²) in [5.74, 6) is 1.14. The minimum absolute atomic E-state index is 0.455. The lowest BCUT2D eigenvalue weighted by Gasteiger charge is -2.13. The van der Waals surface area contributed by atoms with Crippen LogP contribution in [-0.4, -0.2) is 11.5 Å². The molecule has 0 fully saturated rings. The van der Waals surface area contributed by atoms with E-state index in [-0.39, 0.29) is 0 Å². The van der Waals surface area contributed by atoms with Gasteiger partial charge < -0.3 is 10.6 Å². The van der Waals surface area contributed by atoms with Crippen molar-refractivity contribution in [1.82, 2.24) is 4.98 Å². The van der Waals surface area contributed by atoms with Gasteiger partial charge in [-0.15, -0.1) is 0 Å². The second-order valence-electron chi connectivity index (χ2n) is 4.26. The lowest BCUT2D eigenvalue weighted by atomic mass is 10.2. The molecule has 0 atom stereocenters. The Morgan fingerprint density at radius 2 is 1.75 bits per heavy atom. The van der Waals surface area contributed by atoms with Crippen LogP contribution >= 0.6 is 34.8 Å². The van der Waals surface area contributed by atoms with Crippen LogP contribution in [0.25, 0.3) is 0 Å². The number of pyridine rings is 1. The first-order valence-corrected chi connectivity index (χ1v) is 7.27. The van der Waals surface area contributed by atoms with E-state index in [1.165, 1.54) is 0 Å². The van der Waals surface area contributed by atoms with Gasteiger partial charge in [0.1, 0.15) is 5.82 Å². The Hall–Kier alpha value is -1.16. The van der Waals surface area contributed by atoms with Gasteiger partial charge in [-0.05, 0) is 37.6 Å². The van der Waals surface area contributed by atoms with Gasteiger partial charge in [0.2, 0.25) is 0 Å². The summed E-state index contributed by atoms with van der Waals surface area (Å²) < 4.78 is 0. The van der Waals surface area contributed by atoms with E-state index in [1.54, 1.807) is 6.07 Å². The highest BCUT2D eigenvalue weighted by Crippen LogP contribution is 2.32. The molecule has 0 aliphatic heterocycles. The number of anilines is 3. The standard InChI is InChI=1S/C14H14Cl3N3/c1-3-18-13-10(16)7-11(17)14(20-13)19-12-6-9(15)5-4-8(12)2/h4-7H,3H2,1-2H3,(H2,18,19,20). The predicted molar refractivity (Wildman–Crippen MR) is 87.9 cm³/mol. The van der Waals surface area contributed by atoms with Crippen molar-refractivity contribution >= 4 is 52.1 Å². The number of benzene rings is 1. The van der Waals surface area contributed by atoms with Crippen molar-refractivity contribution < 1.29 is 0 Å². The van der Waals surface area contributed by atoms with Crippen molar-refractivity contribution in [3.05, 3.63) is 44.9 Å². The summed E-state index contributed by atoms with van der Waals surface area (Å²) in [4.78, 5) is 4.40. The summed E-state index contributed by atoms with van der Waals surface area (Å²) in [7, 11) is 0. The van der Waals surface area contributed by atoms with Gasteiger partial charge >= 0.3 is 0 Å². The fraction of sp³-hybridized carbons (Fsp3) is 0.214. The molecule has 0 unspecified atom stereocenters. The van der Waals surface area contributed by atoms with E-state index >= 15 is 0 Å². The maximum absolute atomic E-state index is 6.17. The summed E-state index contributed by atoms with van der Waals surface area (Å²) in [5.41, 5.74) is 1.91. The largest absolute Gasteiger partial charge is 0.369 e. The molecule has 3 nitrogen and oxygen atoms in total. The van der Waals surface area contributed by atoms with Gasteiger partial charge in [-0.1, -0.05) is 40.9 Å². The zero-order valence-electron chi connectivity index (χ0n) is 11.1. The topological polar surface area (TPSA) is 37.0 Å². The predicted octanol–water partition coefficient (Wildman–Crippen LogP) is 5.53. The smallest absolute Gasteiger partial charge is 0.151 e. The highest BCUT2D eigenvalue weighted by atomic mass is 35.5. The van der Waals surface area contributed by atoms with E-state index in [4.69, 9.17) is 34.8 Å². The molecule has 106 valence electrons. The van der Waals surface area contributed by atoms with E-state index in [0.29, 0.717) is 26.7 Å². The molecular formula is C14H14Cl3N3. The van der Waals surface area contributed by atoms with E-state index in [2.05, 4.69) is 15.6 Å². The van der Waals surface area contributed by atoms with Crippen LogP contribution in [0.3, 0.4) is 0 Å². The molecule has 1 aromatic heterocycles. The van der Waals surface area contributed by atoms with Crippen LogP contribution in [0.2, 0.25) is 15.1 Å². The fourth-order valence-electron chi connectivity index (χ4n) is 1.70. The van der Waals surface area contributed by atoms with Gasteiger partial charge in [0, 0.05) is 17.3 Å². The Balaban J connectivity index is 2.37. The zero-order chi connectivity index (χ0) is 14.7. The van der Waals surface area contributed by atoms with Crippen LogP contribution < -0.4 is 10.6 Å². The third-order valence-corrected chi connectivity index (χ3v) is 3.54. The minimum Gasteiger partial charge on any atom is -0.369 e. The Bertz CT molecular complexity index is 629.